The number of amides is 2. The number of nitrogens with one attached hydrogen (secondary N) is 2. The van der Waals surface area contributed by atoms with Gasteiger partial charge in [-0.1, -0.05) is 62.7 Å². The number of hydrogen-bond donors (Lipinski definition) is 2. The highest BCUT2D eigenvalue weighted by Gasteiger charge is 2.15. The van der Waals surface area contributed by atoms with Crippen LogP contribution >= 0.6 is 0 Å². The smallest absolute Gasteiger partial charge is 0.313 e. The maximum Gasteiger partial charge on any atom is 0.313 e. The zero-order valence-electron chi connectivity index (χ0n) is 14.6. The van der Waals surface area contributed by atoms with Crippen molar-refractivity contribution in [3.8, 4) is 0 Å². The Kier molecular flexibility index (Phi) is 5.39. The second-order valence-electron chi connectivity index (χ2n) is 6.95. The van der Waals surface area contributed by atoms with E-state index in [1.807, 2.05) is 55.5 Å². The molecule has 0 bridgehead atoms. The molecule has 0 unspecified atom stereocenters. The van der Waals surface area contributed by atoms with Crippen LogP contribution in [-0.2, 0) is 21.5 Å². The van der Waals surface area contributed by atoms with Crippen molar-refractivity contribution < 1.29 is 9.59 Å². The highest BCUT2D eigenvalue weighted by atomic mass is 16.2. The molecule has 2 aromatic rings. The first-order chi connectivity index (χ1) is 11.3. The van der Waals surface area contributed by atoms with Gasteiger partial charge in [-0.3, -0.25) is 9.59 Å². The van der Waals surface area contributed by atoms with E-state index in [0.717, 1.165) is 11.1 Å². The van der Waals surface area contributed by atoms with Crippen LogP contribution in [0.1, 0.15) is 37.5 Å². The van der Waals surface area contributed by atoms with E-state index in [-0.39, 0.29) is 5.41 Å². The summed E-state index contributed by atoms with van der Waals surface area (Å²) in [6.07, 6.45) is 0. The third-order valence-corrected chi connectivity index (χ3v) is 3.79. The Bertz CT molecular complexity index is 711. The number of hydrogen-bond acceptors (Lipinski definition) is 2. The average Bonchev–Trinajstić information content (AvgIpc) is 2.53. The molecule has 4 heteroatoms. The molecule has 0 heterocycles. The standard InChI is InChI=1S/C20H24N2O2/c1-14-5-7-15(8-6-14)13-21-18(23)19(24)22-17-11-9-16(10-12-17)20(2,3)4/h5-12H,13H2,1-4H3,(H,21,23)(H,22,24). The third kappa shape index (κ3) is 4.95. The zero-order valence-corrected chi connectivity index (χ0v) is 14.6. The van der Waals surface area contributed by atoms with Crippen molar-refractivity contribution in [3.63, 3.8) is 0 Å². The van der Waals surface area contributed by atoms with Gasteiger partial charge in [-0.2, -0.15) is 0 Å². The summed E-state index contributed by atoms with van der Waals surface area (Å²) >= 11 is 0. The largest absolute Gasteiger partial charge is 0.344 e. The molecule has 2 N–H and O–H groups in total. The van der Waals surface area contributed by atoms with Gasteiger partial charge in [0.05, 0.1) is 0 Å². The molecule has 0 spiro atoms. The number of anilines is 1. The lowest BCUT2D eigenvalue weighted by Gasteiger charge is -2.19. The summed E-state index contributed by atoms with van der Waals surface area (Å²) in [6, 6.07) is 15.3. The second-order valence-corrected chi connectivity index (χ2v) is 6.95. The SMILES string of the molecule is Cc1ccc(CNC(=O)C(=O)Nc2ccc(C(C)(C)C)cc2)cc1. The molecule has 0 aromatic heterocycles. The lowest BCUT2D eigenvalue weighted by atomic mass is 9.87. The van der Waals surface area contributed by atoms with Gasteiger partial charge in [0.25, 0.3) is 0 Å². The molecule has 0 aliphatic carbocycles. The minimum atomic E-state index is -0.661. The van der Waals surface area contributed by atoms with Crippen LogP contribution < -0.4 is 10.6 Å². The molecule has 0 saturated heterocycles. The molecule has 126 valence electrons. The summed E-state index contributed by atoms with van der Waals surface area (Å²) in [6.45, 7) is 8.70. The van der Waals surface area contributed by atoms with Crippen LogP contribution in [0.4, 0.5) is 5.69 Å². The number of carbonyl (C=O) groups excluding carboxylic acids is 2. The van der Waals surface area contributed by atoms with E-state index < -0.39 is 11.8 Å². The van der Waals surface area contributed by atoms with Gasteiger partial charge >= 0.3 is 11.8 Å². The van der Waals surface area contributed by atoms with Gasteiger partial charge in [-0.15, -0.1) is 0 Å². The quantitative estimate of drug-likeness (QED) is 0.848. The van der Waals surface area contributed by atoms with Crippen LogP contribution in [0.2, 0.25) is 0 Å². The Morgan fingerprint density at radius 3 is 2.00 bits per heavy atom. The number of benzene rings is 2. The van der Waals surface area contributed by atoms with Crippen molar-refractivity contribution in [3.05, 3.63) is 65.2 Å². The highest BCUT2D eigenvalue weighted by molar-refractivity contribution is 6.39. The molecular weight excluding hydrogens is 300 g/mol. The summed E-state index contributed by atoms with van der Waals surface area (Å²) in [4.78, 5) is 23.8. The van der Waals surface area contributed by atoms with E-state index in [0.29, 0.717) is 12.2 Å². The Morgan fingerprint density at radius 1 is 0.875 bits per heavy atom. The van der Waals surface area contributed by atoms with E-state index in [4.69, 9.17) is 0 Å². The molecule has 0 aliphatic rings. The molecule has 0 fully saturated rings. The Morgan fingerprint density at radius 2 is 1.46 bits per heavy atom. The average molecular weight is 324 g/mol. The van der Waals surface area contributed by atoms with E-state index in [1.54, 1.807) is 0 Å². The molecular formula is C20H24N2O2. The van der Waals surface area contributed by atoms with Gasteiger partial charge in [0, 0.05) is 12.2 Å². The summed E-state index contributed by atoms with van der Waals surface area (Å²) in [5, 5.41) is 5.24. The van der Waals surface area contributed by atoms with Crippen LogP contribution in [-0.4, -0.2) is 11.8 Å². The molecule has 24 heavy (non-hydrogen) atoms. The summed E-state index contributed by atoms with van der Waals surface area (Å²) < 4.78 is 0. The van der Waals surface area contributed by atoms with Gasteiger partial charge in [-0.05, 0) is 35.6 Å². The Balaban J connectivity index is 1.89. The maximum atomic E-state index is 11.9. The fourth-order valence-corrected chi connectivity index (χ4v) is 2.21. The Labute approximate surface area is 143 Å². The van der Waals surface area contributed by atoms with Crippen molar-refractivity contribution in [2.24, 2.45) is 0 Å². The molecule has 2 aromatic carbocycles. The van der Waals surface area contributed by atoms with Crippen LogP contribution in [0.5, 0.6) is 0 Å². The summed E-state index contributed by atoms with van der Waals surface area (Å²) in [5.74, 6) is -1.30. The van der Waals surface area contributed by atoms with Gasteiger partial charge in [0.15, 0.2) is 0 Å². The van der Waals surface area contributed by atoms with Crippen molar-refractivity contribution >= 4 is 17.5 Å². The van der Waals surface area contributed by atoms with Crippen LogP contribution in [0.15, 0.2) is 48.5 Å². The fraction of sp³-hybridized carbons (Fsp3) is 0.300. The van der Waals surface area contributed by atoms with Crippen LogP contribution in [0, 0.1) is 6.92 Å². The van der Waals surface area contributed by atoms with Crippen LogP contribution in [0.3, 0.4) is 0 Å². The first-order valence-electron chi connectivity index (χ1n) is 8.01. The van der Waals surface area contributed by atoms with Crippen molar-refractivity contribution in [2.45, 2.75) is 39.7 Å². The molecule has 2 rings (SSSR count). The van der Waals surface area contributed by atoms with E-state index >= 15 is 0 Å². The molecule has 4 nitrogen and oxygen atoms in total. The van der Waals surface area contributed by atoms with E-state index in [1.165, 1.54) is 5.56 Å². The number of carbonyl (C=O) groups is 2. The van der Waals surface area contributed by atoms with Crippen molar-refractivity contribution in [1.29, 1.82) is 0 Å². The molecule has 0 atom stereocenters. The number of aryl methyl sites for hydroxylation is 1. The summed E-state index contributed by atoms with van der Waals surface area (Å²) in [5.41, 5.74) is 3.94. The van der Waals surface area contributed by atoms with Gasteiger partial charge in [0.1, 0.15) is 0 Å². The Hall–Kier alpha value is -2.62. The first kappa shape index (κ1) is 17.7. The minimum Gasteiger partial charge on any atom is -0.344 e. The van der Waals surface area contributed by atoms with E-state index in [9.17, 15) is 9.59 Å². The predicted octanol–water partition coefficient (Wildman–Crippen LogP) is 3.55. The van der Waals surface area contributed by atoms with E-state index in [2.05, 4.69) is 31.4 Å². The summed E-state index contributed by atoms with van der Waals surface area (Å²) in [7, 11) is 0. The highest BCUT2D eigenvalue weighted by Crippen LogP contribution is 2.23. The topological polar surface area (TPSA) is 58.2 Å². The molecule has 0 radical (unpaired) electrons. The number of rotatable bonds is 3. The molecule has 2 amide bonds. The van der Waals surface area contributed by atoms with Crippen LogP contribution in [0.25, 0.3) is 0 Å². The molecule has 0 aliphatic heterocycles. The monoisotopic (exact) mass is 324 g/mol. The third-order valence-electron chi connectivity index (χ3n) is 3.79. The molecule has 0 saturated carbocycles. The predicted molar refractivity (Wildman–Crippen MR) is 96.8 cm³/mol. The second kappa shape index (κ2) is 7.30. The first-order valence-corrected chi connectivity index (χ1v) is 8.01. The van der Waals surface area contributed by atoms with Crippen molar-refractivity contribution in [2.75, 3.05) is 5.32 Å². The van der Waals surface area contributed by atoms with Gasteiger partial charge in [-0.25, -0.2) is 0 Å². The lowest BCUT2D eigenvalue weighted by Crippen LogP contribution is -2.34. The van der Waals surface area contributed by atoms with Gasteiger partial charge in [0.2, 0.25) is 0 Å². The van der Waals surface area contributed by atoms with Crippen molar-refractivity contribution in [1.82, 2.24) is 5.32 Å². The fourth-order valence-electron chi connectivity index (χ4n) is 2.21. The normalized spacial score (nSPS) is 11.0. The lowest BCUT2D eigenvalue weighted by molar-refractivity contribution is -0.136. The minimum absolute atomic E-state index is 0.0496. The van der Waals surface area contributed by atoms with Gasteiger partial charge < -0.3 is 10.6 Å². The zero-order chi connectivity index (χ0) is 17.7. The maximum absolute atomic E-state index is 11.9.